The summed E-state index contributed by atoms with van der Waals surface area (Å²) in [4.78, 5) is 15.5. The van der Waals surface area contributed by atoms with Crippen molar-refractivity contribution >= 4 is 23.1 Å². The molecule has 0 radical (unpaired) electrons. The second-order valence-corrected chi connectivity index (χ2v) is 3.41. The number of fused-ring (bicyclic) bond motifs is 1. The average Bonchev–Trinajstić information content (AvgIpc) is 2.78. The van der Waals surface area contributed by atoms with Crippen LogP contribution in [0.15, 0.2) is 46.7 Å². The van der Waals surface area contributed by atoms with Gasteiger partial charge in [0.2, 0.25) is 0 Å². The Hall–Kier alpha value is -2.43. The molecule has 0 unspecified atom stereocenters. The summed E-state index contributed by atoms with van der Waals surface area (Å²) < 4.78 is 0. The van der Waals surface area contributed by atoms with Crippen molar-refractivity contribution in [1.29, 1.82) is 0 Å². The summed E-state index contributed by atoms with van der Waals surface area (Å²) >= 11 is 0. The lowest BCUT2D eigenvalue weighted by molar-refractivity contribution is 1.26. The zero-order valence-electron chi connectivity index (χ0n) is 9.46. The molecule has 5 heteroatoms. The van der Waals surface area contributed by atoms with Gasteiger partial charge in [0.15, 0.2) is 5.82 Å². The lowest BCUT2D eigenvalue weighted by Gasteiger charge is -1.90. The number of aromatic amines is 1. The van der Waals surface area contributed by atoms with Crippen LogP contribution in [0.4, 0.5) is 0 Å². The third-order valence-corrected chi connectivity index (χ3v) is 2.24. The molecule has 0 spiro atoms. The van der Waals surface area contributed by atoms with Gasteiger partial charge in [-0.15, -0.1) is 0 Å². The summed E-state index contributed by atoms with van der Waals surface area (Å²) in [5.74, 6) is 0.757. The molecule has 1 aromatic heterocycles. The SMILES string of the molecule is CC(=N/C=C\N=CN)c1nc2ccccc2[nH]1. The smallest absolute Gasteiger partial charge is 0.152 e. The topological polar surface area (TPSA) is 79.4 Å². The van der Waals surface area contributed by atoms with Gasteiger partial charge in [0, 0.05) is 12.4 Å². The molecule has 2 rings (SSSR count). The lowest BCUT2D eigenvalue weighted by atomic mass is 10.3. The highest BCUT2D eigenvalue weighted by molar-refractivity contribution is 5.98. The summed E-state index contributed by atoms with van der Waals surface area (Å²) in [5, 5.41) is 0. The number of hydrogen-bond donors (Lipinski definition) is 2. The first-order valence-corrected chi connectivity index (χ1v) is 5.19. The second kappa shape index (κ2) is 5.07. The first-order valence-electron chi connectivity index (χ1n) is 5.19. The number of rotatable bonds is 3. The van der Waals surface area contributed by atoms with Crippen LogP contribution in [-0.4, -0.2) is 22.0 Å². The summed E-state index contributed by atoms with van der Waals surface area (Å²) in [7, 11) is 0. The predicted molar refractivity (Wildman–Crippen MR) is 70.1 cm³/mol. The number of aromatic nitrogens is 2. The van der Waals surface area contributed by atoms with Crippen LogP contribution in [0.1, 0.15) is 12.7 Å². The molecule has 0 bridgehead atoms. The van der Waals surface area contributed by atoms with Gasteiger partial charge >= 0.3 is 0 Å². The molecule has 0 aliphatic carbocycles. The Morgan fingerprint density at radius 3 is 2.94 bits per heavy atom. The molecule has 0 saturated carbocycles. The first-order chi connectivity index (χ1) is 8.31. The van der Waals surface area contributed by atoms with Crippen LogP contribution in [0.25, 0.3) is 11.0 Å². The summed E-state index contributed by atoms with van der Waals surface area (Å²) in [6.45, 7) is 1.88. The molecule has 17 heavy (non-hydrogen) atoms. The number of benzene rings is 1. The number of H-pyrrole nitrogens is 1. The number of aliphatic imine (C=N–C) groups is 2. The van der Waals surface area contributed by atoms with E-state index in [1.54, 1.807) is 6.20 Å². The van der Waals surface area contributed by atoms with E-state index in [1.165, 1.54) is 12.5 Å². The minimum absolute atomic E-state index is 0.757. The largest absolute Gasteiger partial charge is 0.390 e. The van der Waals surface area contributed by atoms with E-state index in [0.717, 1.165) is 22.6 Å². The van der Waals surface area contributed by atoms with Gasteiger partial charge in [-0.25, -0.2) is 9.98 Å². The molecule has 86 valence electrons. The van der Waals surface area contributed by atoms with Crippen molar-refractivity contribution < 1.29 is 0 Å². The third-order valence-electron chi connectivity index (χ3n) is 2.24. The van der Waals surface area contributed by atoms with Gasteiger partial charge in [-0.05, 0) is 19.1 Å². The van der Waals surface area contributed by atoms with E-state index in [9.17, 15) is 0 Å². The lowest BCUT2D eigenvalue weighted by Crippen LogP contribution is -1.96. The zero-order chi connectivity index (χ0) is 12.1. The molecule has 5 nitrogen and oxygen atoms in total. The van der Waals surface area contributed by atoms with Crippen molar-refractivity contribution in [3.05, 3.63) is 42.5 Å². The number of nitrogens with two attached hydrogens (primary N) is 1. The summed E-state index contributed by atoms with van der Waals surface area (Å²) in [5.41, 5.74) is 7.83. The number of nitrogens with zero attached hydrogens (tertiary/aromatic N) is 3. The Bertz CT molecular complexity index is 559. The molecule has 3 N–H and O–H groups in total. The van der Waals surface area contributed by atoms with Gasteiger partial charge in [0.05, 0.1) is 23.1 Å². The van der Waals surface area contributed by atoms with Gasteiger partial charge < -0.3 is 10.7 Å². The van der Waals surface area contributed by atoms with Crippen molar-refractivity contribution in [3.63, 3.8) is 0 Å². The highest BCUT2D eigenvalue weighted by atomic mass is 14.9. The molecule has 0 atom stereocenters. The van der Waals surface area contributed by atoms with Gasteiger partial charge in [0.25, 0.3) is 0 Å². The maximum absolute atomic E-state index is 5.10. The number of nitrogens with one attached hydrogen (secondary N) is 1. The van der Waals surface area contributed by atoms with Crippen molar-refractivity contribution in [2.45, 2.75) is 6.92 Å². The van der Waals surface area contributed by atoms with Crippen LogP contribution in [0.2, 0.25) is 0 Å². The van der Waals surface area contributed by atoms with Crippen molar-refractivity contribution in [2.75, 3.05) is 0 Å². The summed E-state index contributed by atoms with van der Waals surface area (Å²) in [6, 6.07) is 7.85. The van der Waals surface area contributed by atoms with Gasteiger partial charge in [-0.1, -0.05) is 12.1 Å². The Kier molecular flexibility index (Phi) is 3.30. The Morgan fingerprint density at radius 2 is 2.18 bits per heavy atom. The molecule has 0 amide bonds. The fraction of sp³-hybridized carbons (Fsp3) is 0.0833. The number of imidazole rings is 1. The minimum Gasteiger partial charge on any atom is -0.390 e. The maximum Gasteiger partial charge on any atom is 0.152 e. The molecule has 1 heterocycles. The number of para-hydroxylation sites is 2. The monoisotopic (exact) mass is 227 g/mol. The third kappa shape index (κ3) is 2.57. The van der Waals surface area contributed by atoms with E-state index in [0.29, 0.717) is 0 Å². The van der Waals surface area contributed by atoms with E-state index in [4.69, 9.17) is 5.73 Å². The second-order valence-electron chi connectivity index (χ2n) is 3.41. The molecular weight excluding hydrogens is 214 g/mol. The quantitative estimate of drug-likeness (QED) is 0.619. The molecule has 0 fully saturated rings. The minimum atomic E-state index is 0.757. The molecule has 0 aliphatic heterocycles. The Labute approximate surface area is 98.8 Å². The normalized spacial score (nSPS) is 13.1. The van der Waals surface area contributed by atoms with Crippen LogP contribution in [0, 0.1) is 0 Å². The van der Waals surface area contributed by atoms with E-state index < -0.39 is 0 Å². The van der Waals surface area contributed by atoms with Gasteiger partial charge in [-0.2, -0.15) is 0 Å². The van der Waals surface area contributed by atoms with E-state index in [2.05, 4.69) is 20.0 Å². The van der Waals surface area contributed by atoms with E-state index in [-0.39, 0.29) is 0 Å². The molecule has 1 aromatic carbocycles. The van der Waals surface area contributed by atoms with Crippen LogP contribution in [0.5, 0.6) is 0 Å². The van der Waals surface area contributed by atoms with E-state index in [1.807, 2.05) is 31.2 Å². The fourth-order valence-electron chi connectivity index (χ4n) is 1.42. The standard InChI is InChI=1S/C12H13N5/c1-9(15-7-6-14-8-13)12-16-10-4-2-3-5-11(10)17-12/h2-8H,1H3,(H2,13,14)(H,16,17)/b7-6-,15-9?. The predicted octanol–water partition coefficient (Wildman–Crippen LogP) is 1.83. The van der Waals surface area contributed by atoms with Gasteiger partial charge in [0.1, 0.15) is 0 Å². The highest BCUT2D eigenvalue weighted by Crippen LogP contribution is 2.10. The maximum atomic E-state index is 5.10. The molecule has 2 aromatic rings. The fourth-order valence-corrected chi connectivity index (χ4v) is 1.42. The zero-order valence-corrected chi connectivity index (χ0v) is 9.46. The van der Waals surface area contributed by atoms with Crippen molar-refractivity contribution in [3.8, 4) is 0 Å². The molecular formula is C12H13N5. The van der Waals surface area contributed by atoms with Crippen LogP contribution in [-0.2, 0) is 0 Å². The van der Waals surface area contributed by atoms with Gasteiger partial charge in [-0.3, -0.25) is 4.99 Å². The van der Waals surface area contributed by atoms with Crippen LogP contribution >= 0.6 is 0 Å². The van der Waals surface area contributed by atoms with Crippen molar-refractivity contribution in [2.24, 2.45) is 15.7 Å². The first kappa shape index (κ1) is 11.1. The van der Waals surface area contributed by atoms with Crippen LogP contribution in [0.3, 0.4) is 0 Å². The number of hydrogen-bond acceptors (Lipinski definition) is 3. The Balaban J connectivity index is 2.27. The average molecular weight is 227 g/mol. The summed E-state index contributed by atoms with van der Waals surface area (Å²) in [6.07, 6.45) is 4.31. The van der Waals surface area contributed by atoms with E-state index >= 15 is 0 Å². The van der Waals surface area contributed by atoms with Crippen molar-refractivity contribution in [1.82, 2.24) is 9.97 Å². The highest BCUT2D eigenvalue weighted by Gasteiger charge is 2.03. The van der Waals surface area contributed by atoms with Crippen LogP contribution < -0.4 is 5.73 Å². The molecule has 0 aliphatic rings. The molecule has 0 saturated heterocycles. The Morgan fingerprint density at radius 1 is 1.35 bits per heavy atom.